The van der Waals surface area contributed by atoms with Gasteiger partial charge in [-0.15, -0.1) is 0 Å². The molecule has 226 valence electrons. The Morgan fingerprint density at radius 1 is 1.09 bits per heavy atom. The van der Waals surface area contributed by atoms with Gasteiger partial charge in [-0.05, 0) is 55.0 Å². The fraction of sp³-hybridized carbons (Fsp3) is 0.226. The number of para-hydroxylation sites is 1. The molecule has 0 saturated heterocycles. The number of anilines is 1. The van der Waals surface area contributed by atoms with Crippen molar-refractivity contribution in [1.29, 1.82) is 5.26 Å². The Kier molecular flexibility index (Phi) is 8.37. The van der Waals surface area contributed by atoms with Crippen LogP contribution in [0.1, 0.15) is 51.7 Å². The number of alkyl halides is 3. The highest BCUT2D eigenvalue weighted by molar-refractivity contribution is 6.05. The van der Waals surface area contributed by atoms with Crippen molar-refractivity contribution in [3.63, 3.8) is 0 Å². The van der Waals surface area contributed by atoms with Crippen molar-refractivity contribution in [2.45, 2.75) is 31.2 Å². The van der Waals surface area contributed by atoms with Crippen LogP contribution in [0, 0.1) is 17.3 Å². The third-order valence-corrected chi connectivity index (χ3v) is 7.33. The molecule has 1 aliphatic heterocycles. The molecule has 0 bridgehead atoms. The first-order chi connectivity index (χ1) is 21.0. The van der Waals surface area contributed by atoms with E-state index in [0.717, 1.165) is 12.1 Å². The summed E-state index contributed by atoms with van der Waals surface area (Å²) in [6.07, 6.45) is -4.31. The van der Waals surface area contributed by atoms with Crippen molar-refractivity contribution in [2.24, 2.45) is 0 Å². The molecule has 0 spiro atoms. The first-order valence-corrected chi connectivity index (χ1v) is 13.6. The number of carbonyl (C=O) groups excluding carboxylic acids is 2. The number of benzene rings is 3. The third kappa shape index (κ3) is 5.71. The maximum Gasteiger partial charge on any atom is 0.416 e. The number of aliphatic hydroxyl groups is 1. The molecule has 3 N–H and O–H groups in total. The van der Waals surface area contributed by atoms with Gasteiger partial charge in [0.2, 0.25) is 0 Å². The summed E-state index contributed by atoms with van der Waals surface area (Å²) >= 11 is 0. The second-order valence-corrected chi connectivity index (χ2v) is 10.0. The lowest BCUT2D eigenvalue weighted by molar-refractivity contribution is -0.137. The molecule has 13 heteroatoms. The van der Waals surface area contributed by atoms with Crippen LogP contribution in [0.2, 0.25) is 0 Å². The Morgan fingerprint density at radius 3 is 2.43 bits per heavy atom. The van der Waals surface area contributed by atoms with Gasteiger partial charge >= 0.3 is 6.18 Å². The smallest absolute Gasteiger partial charge is 0.385 e. The number of amides is 2. The van der Waals surface area contributed by atoms with E-state index in [-0.39, 0.29) is 30.2 Å². The molecule has 1 aliphatic rings. The first-order valence-electron chi connectivity index (χ1n) is 13.6. The summed E-state index contributed by atoms with van der Waals surface area (Å²) in [4.78, 5) is 29.0. The standard InChI is InChI=1S/C31H26F4N6O3/c1-2-40-29-25(26(23(42)16-37-17-36)39-41(29)22-9-4-3-5-10-22)24(18-11-13-21(32)14-12-18)27(30(40)44)38-28(43)19-7-6-8-20(15-19)31(33,34)35/h3-15,23-24,27,37,42H,2,16H2,1H3,(H,38,43)/t23-,24-,27-/m0/s1. The molecule has 1 aromatic heterocycles. The summed E-state index contributed by atoms with van der Waals surface area (Å²) in [7, 11) is 0. The van der Waals surface area contributed by atoms with Crippen LogP contribution in [-0.2, 0) is 11.0 Å². The van der Waals surface area contributed by atoms with E-state index in [0.29, 0.717) is 22.9 Å². The van der Waals surface area contributed by atoms with E-state index >= 15 is 0 Å². The number of rotatable bonds is 8. The molecule has 4 aromatic rings. The zero-order valence-corrected chi connectivity index (χ0v) is 23.2. The number of halogens is 4. The molecule has 0 aliphatic carbocycles. The lowest BCUT2D eigenvalue weighted by atomic mass is 9.80. The van der Waals surface area contributed by atoms with Crippen LogP contribution < -0.4 is 15.5 Å². The minimum absolute atomic E-state index is 0.0881. The maximum atomic E-state index is 14.2. The second kappa shape index (κ2) is 12.2. The van der Waals surface area contributed by atoms with Crippen LogP contribution in [0.5, 0.6) is 0 Å². The predicted molar refractivity (Wildman–Crippen MR) is 151 cm³/mol. The second-order valence-electron chi connectivity index (χ2n) is 10.0. The molecule has 0 radical (unpaired) electrons. The largest absolute Gasteiger partial charge is 0.416 e. The van der Waals surface area contributed by atoms with Crippen molar-refractivity contribution in [2.75, 3.05) is 18.0 Å². The number of nitriles is 1. The summed E-state index contributed by atoms with van der Waals surface area (Å²) in [5.74, 6) is -2.87. The van der Waals surface area contributed by atoms with Gasteiger partial charge < -0.3 is 15.7 Å². The van der Waals surface area contributed by atoms with E-state index in [1.807, 2.05) is 0 Å². The number of nitrogens with zero attached hydrogens (tertiary/aromatic N) is 4. The molecule has 2 heterocycles. The topological polar surface area (TPSA) is 123 Å². The Labute approximate surface area is 249 Å². The Morgan fingerprint density at radius 2 is 1.80 bits per heavy atom. The van der Waals surface area contributed by atoms with Gasteiger partial charge in [0.05, 0.1) is 23.5 Å². The number of likely N-dealkylation sites (N-methyl/N-ethyl adjacent to an activating group) is 1. The van der Waals surface area contributed by atoms with E-state index in [1.54, 1.807) is 43.4 Å². The minimum Gasteiger partial charge on any atom is -0.385 e. The molecular weight excluding hydrogens is 580 g/mol. The Balaban J connectivity index is 1.72. The number of aromatic nitrogens is 2. The number of nitrogens with one attached hydrogen (secondary N) is 2. The summed E-state index contributed by atoms with van der Waals surface area (Å²) in [5, 5.41) is 29.9. The van der Waals surface area contributed by atoms with Gasteiger partial charge in [-0.25, -0.2) is 9.07 Å². The summed E-state index contributed by atoms with van der Waals surface area (Å²) in [6, 6.07) is 16.4. The van der Waals surface area contributed by atoms with E-state index in [4.69, 9.17) is 5.26 Å². The average molecular weight is 607 g/mol. The van der Waals surface area contributed by atoms with Gasteiger partial charge in [-0.3, -0.25) is 14.5 Å². The summed E-state index contributed by atoms with van der Waals surface area (Å²) < 4.78 is 55.7. The maximum absolute atomic E-state index is 14.2. The summed E-state index contributed by atoms with van der Waals surface area (Å²) in [5.41, 5.74) is -0.0231. The highest BCUT2D eigenvalue weighted by Gasteiger charge is 2.47. The Hall–Kier alpha value is -5.22. The fourth-order valence-corrected chi connectivity index (χ4v) is 5.35. The number of aliphatic hydroxyl groups excluding tert-OH is 1. The van der Waals surface area contributed by atoms with Gasteiger partial charge in [0.1, 0.15) is 23.8 Å². The zero-order valence-electron chi connectivity index (χ0n) is 23.2. The van der Waals surface area contributed by atoms with Gasteiger partial charge in [0, 0.05) is 23.6 Å². The average Bonchev–Trinajstić information content (AvgIpc) is 3.41. The SMILES string of the molecule is CCN1C(=O)[C@@H](NC(=O)c2cccc(C(F)(F)F)c2)[C@@H](c2ccc(F)cc2)c2c([C@@H](O)CNC#N)nn(-c3ccccc3)c21. The van der Waals surface area contributed by atoms with E-state index in [9.17, 15) is 32.3 Å². The predicted octanol–water partition coefficient (Wildman–Crippen LogP) is 4.43. The first kappa shape index (κ1) is 30.2. The van der Waals surface area contributed by atoms with Crippen LogP contribution in [0.15, 0.2) is 78.9 Å². The number of fused-ring (bicyclic) bond motifs is 1. The van der Waals surface area contributed by atoms with E-state index in [2.05, 4.69) is 15.7 Å². The monoisotopic (exact) mass is 606 g/mol. The molecule has 0 saturated carbocycles. The Bertz CT molecular complexity index is 1720. The van der Waals surface area contributed by atoms with Crippen molar-refractivity contribution in [3.05, 3.63) is 113 Å². The lowest BCUT2D eigenvalue weighted by Gasteiger charge is -2.38. The van der Waals surface area contributed by atoms with Crippen LogP contribution in [0.4, 0.5) is 23.4 Å². The van der Waals surface area contributed by atoms with Crippen molar-refractivity contribution in [3.8, 4) is 11.9 Å². The molecule has 2 amide bonds. The lowest BCUT2D eigenvalue weighted by Crippen LogP contribution is -2.55. The van der Waals surface area contributed by atoms with E-state index in [1.165, 1.54) is 39.9 Å². The van der Waals surface area contributed by atoms with Gasteiger partial charge in [0.25, 0.3) is 11.8 Å². The zero-order chi connectivity index (χ0) is 31.6. The molecule has 0 fully saturated rings. The van der Waals surface area contributed by atoms with Crippen molar-refractivity contribution >= 4 is 17.6 Å². The molecule has 5 rings (SSSR count). The van der Waals surface area contributed by atoms with Crippen molar-refractivity contribution in [1.82, 2.24) is 20.4 Å². The molecule has 0 unspecified atom stereocenters. The van der Waals surface area contributed by atoms with E-state index < -0.39 is 47.4 Å². The molecule has 9 nitrogen and oxygen atoms in total. The number of hydrogen-bond acceptors (Lipinski definition) is 6. The number of carbonyl (C=O) groups is 2. The highest BCUT2D eigenvalue weighted by Crippen LogP contribution is 2.45. The molecule has 44 heavy (non-hydrogen) atoms. The van der Waals surface area contributed by atoms with Crippen LogP contribution in [0.3, 0.4) is 0 Å². The van der Waals surface area contributed by atoms with Gasteiger partial charge in [0.15, 0.2) is 6.19 Å². The third-order valence-electron chi connectivity index (χ3n) is 7.33. The molecular formula is C31H26F4N6O3. The van der Waals surface area contributed by atoms with Gasteiger partial charge in [-0.2, -0.15) is 23.5 Å². The molecule has 3 atom stereocenters. The minimum atomic E-state index is -4.70. The normalized spacial score (nSPS) is 17.0. The fourth-order valence-electron chi connectivity index (χ4n) is 5.35. The molecule has 3 aromatic carbocycles. The number of hydrogen-bond donors (Lipinski definition) is 3. The quantitative estimate of drug-likeness (QED) is 0.155. The van der Waals surface area contributed by atoms with Crippen LogP contribution in [-0.4, -0.2) is 45.8 Å². The van der Waals surface area contributed by atoms with Crippen molar-refractivity contribution < 1.29 is 32.3 Å². The van der Waals surface area contributed by atoms with Crippen LogP contribution >= 0.6 is 0 Å². The van der Waals surface area contributed by atoms with Gasteiger partial charge in [-0.1, -0.05) is 36.4 Å². The highest BCUT2D eigenvalue weighted by atomic mass is 19.4. The van der Waals surface area contributed by atoms with Crippen LogP contribution in [0.25, 0.3) is 5.69 Å². The summed E-state index contributed by atoms with van der Waals surface area (Å²) in [6.45, 7) is 1.57.